The first kappa shape index (κ1) is 12.5. The van der Waals surface area contributed by atoms with Crippen LogP contribution in [0.25, 0.3) is 11.2 Å². The highest BCUT2D eigenvalue weighted by molar-refractivity contribution is 5.70. The van der Waals surface area contributed by atoms with Crippen molar-refractivity contribution in [2.45, 2.75) is 33.6 Å². The molecule has 96 valence electrons. The summed E-state index contributed by atoms with van der Waals surface area (Å²) in [6, 6.07) is 0. The normalized spacial score (nSPS) is 10.8. The molecule has 0 fully saturated rings. The number of nitrogens with zero attached hydrogens (tertiary/aromatic N) is 3. The Bertz CT molecular complexity index is 620. The van der Waals surface area contributed by atoms with E-state index in [2.05, 4.69) is 32.2 Å². The topological polar surface area (TPSA) is 83.6 Å². The number of unbranched alkanes of at least 4 members (excludes halogenated alkanes) is 1. The summed E-state index contributed by atoms with van der Waals surface area (Å²) >= 11 is 0. The molecular formula is C12H17N5O. The Labute approximate surface area is 105 Å². The Morgan fingerprint density at radius 3 is 2.61 bits per heavy atom. The van der Waals surface area contributed by atoms with Crippen molar-refractivity contribution < 1.29 is 0 Å². The third kappa shape index (κ3) is 2.47. The Morgan fingerprint density at radius 1 is 1.17 bits per heavy atom. The lowest BCUT2D eigenvalue weighted by molar-refractivity contribution is 0.826. The lowest BCUT2D eigenvalue weighted by atomic mass is 10.3. The minimum atomic E-state index is -0.255. The molecule has 0 unspecified atom stereocenters. The number of fused-ring (bicyclic) bond motifs is 1. The van der Waals surface area contributed by atoms with Gasteiger partial charge in [0.15, 0.2) is 11.2 Å². The molecule has 0 saturated carbocycles. The molecule has 2 rings (SSSR count). The van der Waals surface area contributed by atoms with Gasteiger partial charge in [-0.15, -0.1) is 0 Å². The van der Waals surface area contributed by atoms with Gasteiger partial charge in [0.25, 0.3) is 5.56 Å². The van der Waals surface area contributed by atoms with Gasteiger partial charge < -0.3 is 5.32 Å². The molecule has 0 spiro atoms. The van der Waals surface area contributed by atoms with Crippen LogP contribution in [0, 0.1) is 13.8 Å². The summed E-state index contributed by atoms with van der Waals surface area (Å²) in [5.41, 5.74) is 1.97. The van der Waals surface area contributed by atoms with Crippen LogP contribution >= 0.6 is 0 Å². The van der Waals surface area contributed by atoms with Gasteiger partial charge in [0, 0.05) is 6.54 Å². The maximum absolute atomic E-state index is 11.9. The number of aromatic nitrogens is 4. The van der Waals surface area contributed by atoms with Gasteiger partial charge in [-0.25, -0.2) is 9.97 Å². The highest BCUT2D eigenvalue weighted by Crippen LogP contribution is 2.07. The van der Waals surface area contributed by atoms with Crippen LogP contribution in [0.4, 0.5) is 5.95 Å². The number of aryl methyl sites for hydroxylation is 2. The average molecular weight is 247 g/mol. The van der Waals surface area contributed by atoms with E-state index in [1.54, 1.807) is 0 Å². The molecule has 18 heavy (non-hydrogen) atoms. The van der Waals surface area contributed by atoms with Gasteiger partial charge in [-0.3, -0.25) is 9.78 Å². The molecule has 0 amide bonds. The number of rotatable bonds is 4. The standard InChI is InChI=1S/C12H17N5O/c1-4-5-6-13-12-16-10-9(11(18)17-12)14-7(2)8(3)15-10/h4-6H2,1-3H3,(H2,13,15,16,17,18). The van der Waals surface area contributed by atoms with Crippen LogP contribution in [0.1, 0.15) is 31.2 Å². The van der Waals surface area contributed by atoms with E-state index in [9.17, 15) is 4.79 Å². The van der Waals surface area contributed by atoms with Gasteiger partial charge in [-0.2, -0.15) is 4.98 Å². The molecule has 0 atom stereocenters. The zero-order valence-corrected chi connectivity index (χ0v) is 10.9. The predicted octanol–water partition coefficient (Wildman–Crippen LogP) is 1.54. The molecule has 0 aliphatic rings. The first-order chi connectivity index (χ1) is 8.61. The quantitative estimate of drug-likeness (QED) is 0.801. The lowest BCUT2D eigenvalue weighted by Crippen LogP contribution is -2.16. The maximum atomic E-state index is 11.9. The van der Waals surface area contributed by atoms with Gasteiger partial charge in [-0.1, -0.05) is 13.3 Å². The lowest BCUT2D eigenvalue weighted by Gasteiger charge is -2.06. The van der Waals surface area contributed by atoms with Crippen molar-refractivity contribution >= 4 is 17.1 Å². The van der Waals surface area contributed by atoms with Crippen LogP contribution in [0.15, 0.2) is 4.79 Å². The fourth-order valence-electron chi connectivity index (χ4n) is 1.59. The molecule has 6 heteroatoms. The largest absolute Gasteiger partial charge is 0.356 e. The van der Waals surface area contributed by atoms with Crippen molar-refractivity contribution in [3.8, 4) is 0 Å². The second-order valence-corrected chi connectivity index (χ2v) is 4.26. The number of aromatic amines is 1. The molecule has 0 aliphatic carbocycles. The van der Waals surface area contributed by atoms with E-state index >= 15 is 0 Å². The van der Waals surface area contributed by atoms with Gasteiger partial charge in [-0.05, 0) is 20.3 Å². The summed E-state index contributed by atoms with van der Waals surface area (Å²) in [6.45, 7) is 6.57. The van der Waals surface area contributed by atoms with Crippen molar-refractivity contribution in [3.63, 3.8) is 0 Å². The van der Waals surface area contributed by atoms with E-state index in [1.807, 2.05) is 13.8 Å². The summed E-state index contributed by atoms with van der Waals surface area (Å²) in [6.07, 6.45) is 2.11. The number of H-pyrrole nitrogens is 1. The third-order valence-electron chi connectivity index (χ3n) is 2.78. The van der Waals surface area contributed by atoms with E-state index in [1.165, 1.54) is 0 Å². The molecule has 0 bridgehead atoms. The Kier molecular flexibility index (Phi) is 3.55. The first-order valence-electron chi connectivity index (χ1n) is 6.11. The smallest absolute Gasteiger partial charge is 0.280 e. The Morgan fingerprint density at radius 2 is 1.89 bits per heavy atom. The highest BCUT2D eigenvalue weighted by atomic mass is 16.1. The molecular weight excluding hydrogens is 230 g/mol. The van der Waals surface area contributed by atoms with Gasteiger partial charge >= 0.3 is 0 Å². The molecule has 0 saturated heterocycles. The molecule has 0 radical (unpaired) electrons. The van der Waals surface area contributed by atoms with E-state index in [0.29, 0.717) is 17.1 Å². The molecule has 2 heterocycles. The summed E-state index contributed by atoms with van der Waals surface area (Å²) in [4.78, 5) is 27.3. The van der Waals surface area contributed by atoms with Crippen LogP contribution < -0.4 is 10.9 Å². The summed E-state index contributed by atoms with van der Waals surface area (Å²) in [5.74, 6) is 0.457. The van der Waals surface area contributed by atoms with Gasteiger partial charge in [0.1, 0.15) is 0 Å². The third-order valence-corrected chi connectivity index (χ3v) is 2.78. The van der Waals surface area contributed by atoms with E-state index < -0.39 is 0 Å². The molecule has 6 nitrogen and oxygen atoms in total. The first-order valence-corrected chi connectivity index (χ1v) is 6.11. The number of anilines is 1. The molecule has 2 aromatic heterocycles. The van der Waals surface area contributed by atoms with E-state index in [-0.39, 0.29) is 5.56 Å². The highest BCUT2D eigenvalue weighted by Gasteiger charge is 2.08. The van der Waals surface area contributed by atoms with Crippen LogP contribution in [-0.4, -0.2) is 26.5 Å². The number of hydrogen-bond donors (Lipinski definition) is 2. The Hall–Kier alpha value is -1.98. The zero-order valence-electron chi connectivity index (χ0n) is 10.9. The van der Waals surface area contributed by atoms with Crippen molar-refractivity contribution in [2.75, 3.05) is 11.9 Å². The molecule has 2 N–H and O–H groups in total. The number of nitrogens with one attached hydrogen (secondary N) is 2. The van der Waals surface area contributed by atoms with Crippen LogP contribution in [-0.2, 0) is 0 Å². The fraction of sp³-hybridized carbons (Fsp3) is 0.500. The molecule has 2 aromatic rings. The summed E-state index contributed by atoms with van der Waals surface area (Å²) in [5, 5.41) is 3.08. The van der Waals surface area contributed by atoms with Crippen molar-refractivity contribution in [1.82, 2.24) is 19.9 Å². The predicted molar refractivity (Wildman–Crippen MR) is 70.8 cm³/mol. The van der Waals surface area contributed by atoms with Gasteiger partial charge in [0.05, 0.1) is 11.4 Å². The minimum absolute atomic E-state index is 0.255. The molecule has 0 aliphatic heterocycles. The second kappa shape index (κ2) is 5.12. The van der Waals surface area contributed by atoms with E-state index in [4.69, 9.17) is 0 Å². The van der Waals surface area contributed by atoms with Crippen LogP contribution in [0.3, 0.4) is 0 Å². The van der Waals surface area contributed by atoms with Gasteiger partial charge in [0.2, 0.25) is 5.95 Å². The van der Waals surface area contributed by atoms with Crippen LogP contribution in [0.2, 0.25) is 0 Å². The second-order valence-electron chi connectivity index (χ2n) is 4.26. The van der Waals surface area contributed by atoms with E-state index in [0.717, 1.165) is 30.8 Å². The van der Waals surface area contributed by atoms with Crippen LogP contribution in [0.5, 0.6) is 0 Å². The summed E-state index contributed by atoms with van der Waals surface area (Å²) < 4.78 is 0. The minimum Gasteiger partial charge on any atom is -0.356 e. The van der Waals surface area contributed by atoms with Crippen molar-refractivity contribution in [1.29, 1.82) is 0 Å². The summed E-state index contributed by atoms with van der Waals surface area (Å²) in [7, 11) is 0. The van der Waals surface area contributed by atoms with Crippen molar-refractivity contribution in [3.05, 3.63) is 21.7 Å². The maximum Gasteiger partial charge on any atom is 0.280 e. The monoisotopic (exact) mass is 247 g/mol. The fourth-order valence-corrected chi connectivity index (χ4v) is 1.59. The average Bonchev–Trinajstić information content (AvgIpc) is 2.32. The Balaban J connectivity index is 2.42. The molecule has 0 aromatic carbocycles. The zero-order chi connectivity index (χ0) is 13.1. The van der Waals surface area contributed by atoms with Crippen molar-refractivity contribution in [2.24, 2.45) is 0 Å². The number of hydrogen-bond acceptors (Lipinski definition) is 5. The SMILES string of the molecule is CCCCNc1nc2nc(C)c(C)nc2c(=O)[nH]1.